The van der Waals surface area contributed by atoms with Gasteiger partial charge in [0.2, 0.25) is 11.6 Å². The fourth-order valence-electron chi connectivity index (χ4n) is 12.1. The van der Waals surface area contributed by atoms with Gasteiger partial charge < -0.3 is 15.3 Å². The third-order valence-electron chi connectivity index (χ3n) is 16.6. The van der Waals surface area contributed by atoms with Crippen LogP contribution in [0.1, 0.15) is 178 Å². The summed E-state index contributed by atoms with van der Waals surface area (Å²) in [6.45, 7) is 22.1. The molecule has 0 unspecified atom stereocenters. The van der Waals surface area contributed by atoms with Crippen molar-refractivity contribution in [3.8, 4) is 20.9 Å². The number of carbonyl (C=O) groups excluding carboxylic acids is 2. The number of unbranched alkanes of at least 4 members (excludes halogenated alkanes) is 8. The second-order valence-corrected chi connectivity index (χ2v) is 26.8. The van der Waals surface area contributed by atoms with Gasteiger partial charge >= 0.3 is 0 Å². The number of fused-ring (bicyclic) bond motifs is 3. The van der Waals surface area contributed by atoms with Gasteiger partial charge in [0.25, 0.3) is 0 Å². The van der Waals surface area contributed by atoms with E-state index in [4.69, 9.17) is 8.75 Å². The first-order valence-electron chi connectivity index (χ1n) is 29.7. The van der Waals surface area contributed by atoms with Gasteiger partial charge in [0.15, 0.2) is 11.5 Å². The average Bonchev–Trinajstić information content (AvgIpc) is 4.46. The molecule has 9 rings (SSSR count). The van der Waals surface area contributed by atoms with Crippen LogP contribution in [0.5, 0.6) is 0 Å². The Bertz CT molecular complexity index is 3310. The van der Waals surface area contributed by atoms with Crippen molar-refractivity contribution in [3.05, 3.63) is 133 Å². The molecule has 0 saturated heterocycles. The first-order chi connectivity index (χ1) is 38.3. The van der Waals surface area contributed by atoms with Crippen LogP contribution < -0.4 is 15.3 Å². The fraction of sp³-hybridized carbons (Fsp3) is 0.478. The Kier molecular flexibility index (Phi) is 19.4. The zero-order chi connectivity index (χ0) is 55.8. The van der Waals surface area contributed by atoms with Crippen molar-refractivity contribution in [2.75, 3.05) is 30.3 Å². The molecule has 79 heavy (non-hydrogen) atoms. The molecule has 3 aromatic carbocycles. The molecule has 6 aromatic rings. The number of carbonyl (C=O) groups is 2. The number of hydrogen-bond donors (Lipinski definition) is 1. The Morgan fingerprint density at radius 3 is 2.06 bits per heavy atom. The van der Waals surface area contributed by atoms with Crippen LogP contribution in [0.25, 0.3) is 31.9 Å². The molecule has 0 atom stereocenters. The van der Waals surface area contributed by atoms with Crippen LogP contribution >= 0.6 is 46.2 Å². The van der Waals surface area contributed by atoms with E-state index < -0.39 is 5.41 Å². The molecular weight excluding hydrogens is 1050 g/mol. The number of allylic oxidation sites excluding steroid dienone is 5. The number of ketones is 1. The number of benzene rings is 3. The SMILES string of the molecule is CCCCCCc1cc(-c2cc(SCCNC(=O)CCCC[N+]3=C(/C=C4/C(=O)C(/C=C5/N(CCCC)c6ccccc6C5(C)C)=C4[O-])C(C)(C)c4ccccc43)c(-c3cc(CCCCCC)c(CC)s3)c3nsnc23)sc1CC. The number of Topliss-reactive ketones (excluding diaryl/α,β-unsaturated/α-hetero) is 1. The molecule has 0 radical (unpaired) electrons. The molecule has 1 aliphatic carbocycles. The lowest BCUT2D eigenvalue weighted by atomic mass is 9.77. The van der Waals surface area contributed by atoms with Gasteiger partial charge in [-0.1, -0.05) is 136 Å². The van der Waals surface area contributed by atoms with Crippen molar-refractivity contribution in [2.24, 2.45) is 0 Å². The maximum atomic E-state index is 14.1. The molecule has 5 heterocycles. The number of aromatic nitrogens is 2. The molecule has 418 valence electrons. The van der Waals surface area contributed by atoms with Gasteiger partial charge in [0, 0.05) is 113 Å². The van der Waals surface area contributed by atoms with Crippen molar-refractivity contribution >= 4 is 86.0 Å². The summed E-state index contributed by atoms with van der Waals surface area (Å²) in [5.41, 5.74) is 13.6. The van der Waals surface area contributed by atoms with E-state index in [2.05, 4.69) is 144 Å². The summed E-state index contributed by atoms with van der Waals surface area (Å²) in [5, 5.41) is 17.4. The van der Waals surface area contributed by atoms with Gasteiger partial charge in [-0.05, 0) is 112 Å². The molecule has 0 spiro atoms. The van der Waals surface area contributed by atoms with E-state index in [1.807, 2.05) is 46.6 Å². The van der Waals surface area contributed by atoms with Crippen LogP contribution in [0.2, 0.25) is 0 Å². The Hall–Kier alpha value is -5.14. The highest BCUT2D eigenvalue weighted by Crippen LogP contribution is 2.50. The van der Waals surface area contributed by atoms with E-state index in [-0.39, 0.29) is 34.0 Å². The number of hydrogen-bond acceptors (Lipinski definition) is 10. The Balaban J connectivity index is 0.895. The van der Waals surface area contributed by atoms with Crippen LogP contribution in [0.3, 0.4) is 0 Å². The number of rotatable bonds is 28. The maximum Gasteiger partial charge on any atom is 0.220 e. The predicted molar refractivity (Wildman–Crippen MR) is 335 cm³/mol. The van der Waals surface area contributed by atoms with Gasteiger partial charge in [0.05, 0.1) is 17.1 Å². The van der Waals surface area contributed by atoms with Gasteiger partial charge in [-0.3, -0.25) is 9.59 Å². The number of anilines is 1. The van der Waals surface area contributed by atoms with Crippen molar-refractivity contribution in [2.45, 2.75) is 187 Å². The third kappa shape index (κ3) is 12.2. The van der Waals surface area contributed by atoms with Crippen LogP contribution in [-0.4, -0.2) is 56.1 Å². The molecule has 0 bridgehead atoms. The van der Waals surface area contributed by atoms with Gasteiger partial charge in [-0.25, -0.2) is 0 Å². The summed E-state index contributed by atoms with van der Waals surface area (Å²) in [6, 6.07) is 24.1. The first-order valence-corrected chi connectivity index (χ1v) is 33.1. The van der Waals surface area contributed by atoms with Crippen molar-refractivity contribution < 1.29 is 19.3 Å². The molecule has 1 amide bonds. The van der Waals surface area contributed by atoms with Crippen LogP contribution in [-0.2, 0) is 46.1 Å². The Labute approximate surface area is 488 Å². The highest BCUT2D eigenvalue weighted by atomic mass is 32.2. The number of thioether (sulfide) groups is 1. The third-order valence-corrected chi connectivity index (χ3v) is 20.9. The van der Waals surface area contributed by atoms with Crippen LogP contribution in [0.4, 0.5) is 11.4 Å². The zero-order valence-electron chi connectivity index (χ0n) is 48.5. The monoisotopic (exact) mass is 1130 g/mol. The number of nitrogens with one attached hydrogen (secondary N) is 1. The quantitative estimate of drug-likeness (QED) is 0.0226. The minimum atomic E-state index is -0.433. The van der Waals surface area contributed by atoms with E-state index >= 15 is 0 Å². The molecule has 2 aliphatic heterocycles. The predicted octanol–water partition coefficient (Wildman–Crippen LogP) is 16.6. The van der Waals surface area contributed by atoms with E-state index in [1.165, 1.54) is 115 Å². The summed E-state index contributed by atoms with van der Waals surface area (Å²) >= 11 is 6.97. The van der Waals surface area contributed by atoms with Crippen molar-refractivity contribution in [1.29, 1.82) is 0 Å². The molecule has 12 heteroatoms. The van der Waals surface area contributed by atoms with Gasteiger partial charge in [-0.2, -0.15) is 13.3 Å². The minimum Gasteiger partial charge on any atom is -0.871 e. The van der Waals surface area contributed by atoms with Crippen molar-refractivity contribution in [3.63, 3.8) is 0 Å². The molecular formula is C67H83N5O3S4. The van der Waals surface area contributed by atoms with Gasteiger partial charge in [-0.15, -0.1) is 34.4 Å². The van der Waals surface area contributed by atoms with E-state index in [9.17, 15) is 14.7 Å². The van der Waals surface area contributed by atoms with Gasteiger partial charge in [0.1, 0.15) is 17.6 Å². The summed E-state index contributed by atoms with van der Waals surface area (Å²) < 4.78 is 12.3. The molecule has 3 aromatic heterocycles. The lowest BCUT2D eigenvalue weighted by molar-refractivity contribution is -0.438. The molecule has 1 N–H and O–H groups in total. The number of aryl methyl sites for hydroxylation is 4. The number of thiophene rings is 2. The smallest absolute Gasteiger partial charge is 0.220 e. The number of amides is 1. The second kappa shape index (κ2) is 26.2. The maximum absolute atomic E-state index is 14.1. The highest BCUT2D eigenvalue weighted by molar-refractivity contribution is 7.99. The van der Waals surface area contributed by atoms with Crippen LogP contribution in [0.15, 0.2) is 106 Å². The van der Waals surface area contributed by atoms with E-state index in [0.717, 1.165) is 96.6 Å². The summed E-state index contributed by atoms with van der Waals surface area (Å²) in [6.07, 6.45) is 22.0. The average molecular weight is 1130 g/mol. The fourth-order valence-corrected chi connectivity index (χ4v) is 16.1. The van der Waals surface area contributed by atoms with E-state index in [0.29, 0.717) is 25.9 Å². The largest absolute Gasteiger partial charge is 0.871 e. The topological polar surface area (TPSA) is 101 Å². The summed E-state index contributed by atoms with van der Waals surface area (Å²) in [4.78, 5) is 36.7. The Morgan fingerprint density at radius 2 is 1.38 bits per heavy atom. The van der Waals surface area contributed by atoms with E-state index in [1.54, 1.807) is 0 Å². The second-order valence-electron chi connectivity index (χ2n) is 22.8. The molecule has 0 fully saturated rings. The van der Waals surface area contributed by atoms with Crippen LogP contribution in [0, 0.1) is 0 Å². The lowest BCUT2D eigenvalue weighted by Gasteiger charge is -2.33. The number of nitrogens with zero attached hydrogens (tertiary/aromatic N) is 4. The molecule has 0 saturated carbocycles. The summed E-state index contributed by atoms with van der Waals surface area (Å²) in [7, 11) is 0. The summed E-state index contributed by atoms with van der Waals surface area (Å²) in [5.74, 6) is 0.392. The Morgan fingerprint density at radius 1 is 0.734 bits per heavy atom. The number of para-hydroxylation sites is 2. The minimum absolute atomic E-state index is 0.0505. The normalized spacial score (nSPS) is 16.5. The highest BCUT2D eigenvalue weighted by Gasteiger charge is 2.46. The standard InChI is InChI=1S/C67H83N5O3S4/c1-10-15-18-20-28-44-39-55(77-53(44)13-4)46-41-56(61(63-62(46)69-79-70-63)57-40-45(54(14-5)78-57)29-21-19-16-11-2)76-38-35-68-60(73)34-26-27-37-72-52-33-25-23-31-50(52)67(8,9)59(72)43-48-64(74)47(65(48)75)42-58-66(6,7)49-30-22-24-32-51(49)71(58)36-17-12-3/h22-25,30-33,39-43H,10-21,26-29,34-38H2,1-9H3,(H-,68,73,74,75). The first kappa shape index (κ1) is 58.5. The zero-order valence-corrected chi connectivity index (χ0v) is 51.8. The van der Waals surface area contributed by atoms with Crippen molar-refractivity contribution in [1.82, 2.24) is 14.1 Å². The lowest BCUT2D eigenvalue weighted by Crippen LogP contribution is -2.35. The molecule has 8 nitrogen and oxygen atoms in total. The molecule has 3 aliphatic rings.